The van der Waals surface area contributed by atoms with Crippen LogP contribution in [0.3, 0.4) is 0 Å². The van der Waals surface area contributed by atoms with Gasteiger partial charge >= 0.3 is 0 Å². The molecule has 136 valence electrons. The number of benzene rings is 1. The monoisotopic (exact) mass is 380 g/mol. The number of carbonyl (C=O) groups excluding carboxylic acids is 1. The van der Waals surface area contributed by atoms with E-state index in [-0.39, 0.29) is 28.7 Å². The standard InChI is InChI=1S/C18H24N2O3S2/c1-11-6-7-13(8-12(11)2)20-14-9-25(22,23)10-15(14)24-17(20)19-16(21)18(3,4)5/h6-8,14-15H,9-10H2,1-5H3/t14-,15+/m1/s1. The first-order chi connectivity index (χ1) is 11.5. The molecule has 1 aromatic rings. The van der Waals surface area contributed by atoms with Gasteiger partial charge in [-0.2, -0.15) is 4.99 Å². The molecule has 2 atom stereocenters. The van der Waals surface area contributed by atoms with Gasteiger partial charge in [0.2, 0.25) is 0 Å². The minimum atomic E-state index is -3.05. The van der Waals surface area contributed by atoms with Crippen molar-refractivity contribution in [1.29, 1.82) is 0 Å². The summed E-state index contributed by atoms with van der Waals surface area (Å²) >= 11 is 1.42. The van der Waals surface area contributed by atoms with E-state index in [1.54, 1.807) is 0 Å². The molecule has 2 heterocycles. The summed E-state index contributed by atoms with van der Waals surface area (Å²) in [5.41, 5.74) is 2.65. The summed E-state index contributed by atoms with van der Waals surface area (Å²) < 4.78 is 24.2. The Labute approximate surface area is 153 Å². The van der Waals surface area contributed by atoms with Crippen LogP contribution in [-0.4, -0.2) is 42.3 Å². The highest BCUT2D eigenvalue weighted by Gasteiger charge is 2.49. The van der Waals surface area contributed by atoms with Crippen molar-refractivity contribution in [2.75, 3.05) is 16.4 Å². The van der Waals surface area contributed by atoms with Crippen LogP contribution in [-0.2, 0) is 14.6 Å². The Kier molecular flexibility index (Phi) is 4.52. The molecule has 0 unspecified atom stereocenters. The maximum absolute atomic E-state index is 12.4. The molecule has 2 aliphatic rings. The molecule has 0 bridgehead atoms. The number of rotatable bonds is 1. The number of fused-ring (bicyclic) bond motifs is 1. The molecule has 2 aliphatic heterocycles. The zero-order valence-electron chi connectivity index (χ0n) is 15.2. The van der Waals surface area contributed by atoms with Gasteiger partial charge in [-0.05, 0) is 37.1 Å². The summed E-state index contributed by atoms with van der Waals surface area (Å²) in [6, 6.07) is 5.88. The Morgan fingerprint density at radius 1 is 1.20 bits per heavy atom. The minimum absolute atomic E-state index is 0.0712. The van der Waals surface area contributed by atoms with Gasteiger partial charge in [-0.15, -0.1) is 0 Å². The normalized spacial score (nSPS) is 26.9. The summed E-state index contributed by atoms with van der Waals surface area (Å²) in [5.74, 6) is 0.0684. The van der Waals surface area contributed by atoms with Crippen LogP contribution in [0.2, 0.25) is 0 Å². The van der Waals surface area contributed by atoms with Crippen molar-refractivity contribution >= 4 is 38.4 Å². The molecular weight excluding hydrogens is 356 g/mol. The fourth-order valence-electron chi connectivity index (χ4n) is 3.00. The van der Waals surface area contributed by atoms with E-state index >= 15 is 0 Å². The summed E-state index contributed by atoms with van der Waals surface area (Å²) in [7, 11) is -3.05. The molecule has 1 amide bonds. The number of aliphatic imine (C=N–C) groups is 1. The van der Waals surface area contributed by atoms with Crippen molar-refractivity contribution in [3.8, 4) is 0 Å². The molecule has 1 aromatic carbocycles. The van der Waals surface area contributed by atoms with E-state index in [1.165, 1.54) is 17.3 Å². The Balaban J connectivity index is 2.05. The first kappa shape index (κ1) is 18.5. The van der Waals surface area contributed by atoms with Crippen LogP contribution in [0.4, 0.5) is 5.69 Å². The van der Waals surface area contributed by atoms with E-state index in [0.717, 1.165) is 11.3 Å². The first-order valence-corrected chi connectivity index (χ1v) is 11.0. The van der Waals surface area contributed by atoms with E-state index in [1.807, 2.05) is 57.7 Å². The fourth-order valence-corrected chi connectivity index (χ4v) is 6.91. The lowest BCUT2D eigenvalue weighted by Crippen LogP contribution is -2.38. The molecule has 0 N–H and O–H groups in total. The highest BCUT2D eigenvalue weighted by atomic mass is 32.2. The van der Waals surface area contributed by atoms with Gasteiger partial charge in [0.15, 0.2) is 15.0 Å². The Morgan fingerprint density at radius 3 is 2.48 bits per heavy atom. The maximum atomic E-state index is 12.4. The summed E-state index contributed by atoms with van der Waals surface area (Å²) in [6.07, 6.45) is 0. The van der Waals surface area contributed by atoms with Crippen molar-refractivity contribution in [2.24, 2.45) is 10.4 Å². The second-order valence-electron chi connectivity index (χ2n) is 7.89. The molecule has 0 radical (unpaired) electrons. The molecule has 25 heavy (non-hydrogen) atoms. The van der Waals surface area contributed by atoms with E-state index in [9.17, 15) is 13.2 Å². The van der Waals surface area contributed by atoms with Gasteiger partial charge in [-0.3, -0.25) is 4.79 Å². The van der Waals surface area contributed by atoms with Crippen molar-refractivity contribution in [3.63, 3.8) is 0 Å². The number of hydrogen-bond acceptors (Lipinski definition) is 4. The molecule has 0 aliphatic carbocycles. The number of hydrogen-bond donors (Lipinski definition) is 0. The van der Waals surface area contributed by atoms with Gasteiger partial charge in [0, 0.05) is 16.4 Å². The second kappa shape index (κ2) is 6.13. The molecule has 2 saturated heterocycles. The van der Waals surface area contributed by atoms with Gasteiger partial charge in [-0.1, -0.05) is 38.6 Å². The van der Waals surface area contributed by atoms with Crippen molar-refractivity contribution in [2.45, 2.75) is 45.9 Å². The number of nitrogens with zero attached hydrogens (tertiary/aromatic N) is 2. The predicted octanol–water partition coefficient (Wildman–Crippen LogP) is 2.95. The van der Waals surface area contributed by atoms with Gasteiger partial charge in [-0.25, -0.2) is 8.42 Å². The maximum Gasteiger partial charge on any atom is 0.253 e. The van der Waals surface area contributed by atoms with Gasteiger partial charge in [0.1, 0.15) is 0 Å². The summed E-state index contributed by atoms with van der Waals surface area (Å²) in [5, 5.41) is 0.547. The number of aryl methyl sites for hydroxylation is 2. The highest BCUT2D eigenvalue weighted by Crippen LogP contribution is 2.41. The number of sulfone groups is 1. The average Bonchev–Trinajstić information content (AvgIpc) is 2.92. The predicted molar refractivity (Wildman–Crippen MR) is 104 cm³/mol. The van der Waals surface area contributed by atoms with Gasteiger partial charge < -0.3 is 4.90 Å². The van der Waals surface area contributed by atoms with Crippen LogP contribution in [0, 0.1) is 19.3 Å². The lowest BCUT2D eigenvalue weighted by atomic mass is 9.96. The van der Waals surface area contributed by atoms with Gasteiger partial charge in [0.25, 0.3) is 5.91 Å². The largest absolute Gasteiger partial charge is 0.316 e. The SMILES string of the molecule is Cc1ccc(N2C(=NC(=O)C(C)(C)C)S[C@H]3CS(=O)(=O)C[C@H]32)cc1C. The quantitative estimate of drug-likeness (QED) is 0.749. The fraction of sp³-hybridized carbons (Fsp3) is 0.556. The highest BCUT2D eigenvalue weighted by molar-refractivity contribution is 8.16. The van der Waals surface area contributed by atoms with E-state index < -0.39 is 15.3 Å². The van der Waals surface area contributed by atoms with Crippen LogP contribution < -0.4 is 4.90 Å². The molecular formula is C18H24N2O3S2. The Hall–Kier alpha value is -1.34. The number of amides is 1. The zero-order chi connectivity index (χ0) is 18.6. The molecule has 0 spiro atoms. The molecule has 0 saturated carbocycles. The lowest BCUT2D eigenvalue weighted by molar-refractivity contribution is -0.124. The Bertz CT molecular complexity index is 854. The third kappa shape index (κ3) is 3.62. The van der Waals surface area contributed by atoms with Crippen LogP contribution in [0.5, 0.6) is 0 Å². The van der Waals surface area contributed by atoms with Crippen molar-refractivity contribution < 1.29 is 13.2 Å². The molecule has 3 rings (SSSR count). The van der Waals surface area contributed by atoms with Crippen molar-refractivity contribution in [1.82, 2.24) is 0 Å². The van der Waals surface area contributed by atoms with Gasteiger partial charge in [0.05, 0.1) is 17.5 Å². The van der Waals surface area contributed by atoms with Crippen LogP contribution in [0.25, 0.3) is 0 Å². The van der Waals surface area contributed by atoms with Crippen LogP contribution >= 0.6 is 11.8 Å². The first-order valence-electron chi connectivity index (χ1n) is 8.35. The van der Waals surface area contributed by atoms with E-state index in [2.05, 4.69) is 4.99 Å². The molecule has 7 heteroatoms. The summed E-state index contributed by atoms with van der Waals surface area (Å²) in [4.78, 5) is 18.7. The smallest absolute Gasteiger partial charge is 0.253 e. The zero-order valence-corrected chi connectivity index (χ0v) is 16.9. The molecule has 5 nitrogen and oxygen atoms in total. The molecule has 2 fully saturated rings. The third-order valence-electron chi connectivity index (χ3n) is 4.67. The lowest BCUT2D eigenvalue weighted by Gasteiger charge is -2.25. The number of amidine groups is 1. The van der Waals surface area contributed by atoms with Crippen LogP contribution in [0.1, 0.15) is 31.9 Å². The van der Waals surface area contributed by atoms with Crippen LogP contribution in [0.15, 0.2) is 23.2 Å². The summed E-state index contributed by atoms with van der Waals surface area (Å²) in [6.45, 7) is 9.58. The van der Waals surface area contributed by atoms with E-state index in [0.29, 0.717) is 5.17 Å². The third-order valence-corrected chi connectivity index (χ3v) is 7.88. The number of carbonyl (C=O) groups is 1. The van der Waals surface area contributed by atoms with E-state index in [4.69, 9.17) is 0 Å². The second-order valence-corrected chi connectivity index (χ2v) is 11.2. The Morgan fingerprint density at radius 2 is 1.88 bits per heavy atom. The number of anilines is 1. The molecule has 0 aromatic heterocycles. The topological polar surface area (TPSA) is 66.8 Å². The minimum Gasteiger partial charge on any atom is -0.316 e. The van der Waals surface area contributed by atoms with Crippen molar-refractivity contribution in [3.05, 3.63) is 29.3 Å². The number of thioether (sulfide) groups is 1. The average molecular weight is 381 g/mol.